The highest BCUT2D eigenvalue weighted by molar-refractivity contribution is 5.93. The molecule has 2 aliphatic heterocycles. The summed E-state index contributed by atoms with van der Waals surface area (Å²) in [6, 6.07) is 0. The van der Waals surface area contributed by atoms with E-state index in [1.165, 1.54) is 0 Å². The lowest BCUT2D eigenvalue weighted by Gasteiger charge is -2.52. The summed E-state index contributed by atoms with van der Waals surface area (Å²) in [5.74, 6) is -3.18. The molecule has 3 aliphatic rings. The lowest BCUT2D eigenvalue weighted by Crippen LogP contribution is -2.58. The predicted octanol–water partition coefficient (Wildman–Crippen LogP) is 1.15. The average molecular weight is 364 g/mol. The van der Waals surface area contributed by atoms with Gasteiger partial charge in [-0.3, -0.25) is 4.79 Å². The van der Waals surface area contributed by atoms with E-state index in [0.29, 0.717) is 12.8 Å². The summed E-state index contributed by atoms with van der Waals surface area (Å²) in [5.41, 5.74) is -0.00484. The van der Waals surface area contributed by atoms with Crippen LogP contribution >= 0.6 is 0 Å². The highest BCUT2D eigenvalue weighted by atomic mass is 16.6. The third-order valence-corrected chi connectivity index (χ3v) is 6.03. The summed E-state index contributed by atoms with van der Waals surface area (Å²) in [7, 11) is 0. The van der Waals surface area contributed by atoms with Gasteiger partial charge in [0.1, 0.15) is 12.2 Å². The van der Waals surface area contributed by atoms with Crippen LogP contribution in [0.5, 0.6) is 0 Å². The Morgan fingerprint density at radius 2 is 2.04 bits per heavy atom. The van der Waals surface area contributed by atoms with Crippen LogP contribution in [-0.2, 0) is 28.6 Å². The molecule has 1 unspecified atom stereocenters. The number of hydrogen-bond donors (Lipinski definition) is 1. The second-order valence-corrected chi connectivity index (χ2v) is 7.48. The van der Waals surface area contributed by atoms with Crippen molar-refractivity contribution in [2.45, 2.75) is 38.9 Å². The molecule has 1 N–H and O–H groups in total. The van der Waals surface area contributed by atoms with Crippen LogP contribution in [0.1, 0.15) is 26.7 Å². The lowest BCUT2D eigenvalue weighted by atomic mass is 9.56. The van der Waals surface area contributed by atoms with Gasteiger partial charge in [-0.25, -0.2) is 9.59 Å². The summed E-state index contributed by atoms with van der Waals surface area (Å²) in [4.78, 5) is 36.5. The zero-order chi connectivity index (χ0) is 19.2. The number of aliphatic hydroxyl groups excluding tert-OH is 1. The second kappa shape index (κ2) is 6.54. The molecule has 26 heavy (non-hydrogen) atoms. The summed E-state index contributed by atoms with van der Waals surface area (Å²) < 4.78 is 16.5. The van der Waals surface area contributed by atoms with Gasteiger partial charge in [-0.15, -0.1) is 0 Å². The van der Waals surface area contributed by atoms with Crippen LogP contribution in [0.4, 0.5) is 0 Å². The summed E-state index contributed by atoms with van der Waals surface area (Å²) in [6.07, 6.45) is -0.255. The minimum Gasteiger partial charge on any atom is -0.462 e. The minimum atomic E-state index is -0.672. The molecule has 0 aromatic carbocycles. The quantitative estimate of drug-likeness (QED) is 0.454. The minimum absolute atomic E-state index is 0.156. The number of hydrogen-bond acceptors (Lipinski definition) is 7. The van der Waals surface area contributed by atoms with Crippen molar-refractivity contribution in [2.24, 2.45) is 23.2 Å². The maximum absolute atomic E-state index is 12.2. The smallest absolute Gasteiger partial charge is 0.334 e. The monoisotopic (exact) mass is 364 g/mol. The van der Waals surface area contributed by atoms with E-state index in [9.17, 15) is 19.5 Å². The van der Waals surface area contributed by atoms with Gasteiger partial charge in [-0.2, -0.15) is 0 Å². The molecule has 0 aromatic rings. The zero-order valence-electron chi connectivity index (χ0n) is 15.0. The molecule has 0 bridgehead atoms. The van der Waals surface area contributed by atoms with Crippen molar-refractivity contribution in [3.05, 3.63) is 24.3 Å². The van der Waals surface area contributed by atoms with E-state index in [1.54, 1.807) is 6.92 Å². The van der Waals surface area contributed by atoms with Gasteiger partial charge in [0, 0.05) is 22.5 Å². The highest BCUT2D eigenvalue weighted by Gasteiger charge is 2.63. The first-order chi connectivity index (χ1) is 12.3. The summed E-state index contributed by atoms with van der Waals surface area (Å²) in [5, 5.41) is 9.20. The molecule has 2 heterocycles. The van der Waals surface area contributed by atoms with Crippen LogP contribution in [0.2, 0.25) is 0 Å². The number of carbonyl (C=O) groups excluding carboxylic acids is 3. The van der Waals surface area contributed by atoms with Crippen molar-refractivity contribution in [3.8, 4) is 0 Å². The zero-order valence-corrected chi connectivity index (χ0v) is 15.0. The van der Waals surface area contributed by atoms with Gasteiger partial charge in [0.2, 0.25) is 0 Å². The Balaban J connectivity index is 1.99. The fraction of sp³-hybridized carbons (Fsp3) is 0.632. The molecule has 0 spiro atoms. The summed E-state index contributed by atoms with van der Waals surface area (Å²) >= 11 is 0. The number of fused-ring (bicyclic) bond motifs is 3. The number of cyclic esters (lactones) is 1. The van der Waals surface area contributed by atoms with Crippen molar-refractivity contribution in [1.29, 1.82) is 0 Å². The molecule has 1 saturated carbocycles. The molecule has 6 atom stereocenters. The van der Waals surface area contributed by atoms with Crippen molar-refractivity contribution in [3.63, 3.8) is 0 Å². The second-order valence-electron chi connectivity index (χ2n) is 7.48. The molecule has 1 aliphatic carbocycles. The number of carbonyl (C=O) groups is 3. The first-order valence-corrected chi connectivity index (χ1v) is 8.82. The van der Waals surface area contributed by atoms with E-state index in [4.69, 9.17) is 14.2 Å². The number of esters is 3. The van der Waals surface area contributed by atoms with Gasteiger partial charge < -0.3 is 19.3 Å². The Labute approximate surface area is 152 Å². The van der Waals surface area contributed by atoms with Crippen LogP contribution in [0.15, 0.2) is 24.3 Å². The maximum Gasteiger partial charge on any atom is 0.334 e. The third kappa shape index (κ3) is 2.65. The Morgan fingerprint density at radius 3 is 2.65 bits per heavy atom. The van der Waals surface area contributed by atoms with Crippen molar-refractivity contribution in [1.82, 2.24) is 0 Å². The van der Waals surface area contributed by atoms with E-state index in [2.05, 4.69) is 13.2 Å². The topological polar surface area (TPSA) is 99.1 Å². The van der Waals surface area contributed by atoms with E-state index >= 15 is 0 Å². The van der Waals surface area contributed by atoms with Crippen LogP contribution in [0.25, 0.3) is 0 Å². The maximum atomic E-state index is 12.2. The fourth-order valence-corrected chi connectivity index (χ4v) is 4.39. The fourth-order valence-electron chi connectivity index (χ4n) is 4.39. The Kier molecular flexibility index (Phi) is 4.69. The molecular formula is C19H24O7. The van der Waals surface area contributed by atoms with Gasteiger partial charge in [-0.05, 0) is 19.8 Å². The van der Waals surface area contributed by atoms with Gasteiger partial charge in [-0.1, -0.05) is 20.1 Å². The molecule has 7 heteroatoms. The first-order valence-electron chi connectivity index (χ1n) is 8.82. The third-order valence-electron chi connectivity index (χ3n) is 6.03. The summed E-state index contributed by atoms with van der Waals surface area (Å²) in [6.45, 7) is 11.0. The average Bonchev–Trinajstić information content (AvgIpc) is 2.92. The standard InChI is InChI=1S/C19H24O7/c1-5-19-6-12(25-16(21)9(2)7-20)13-10(3)18(23)26-15(13)14(19)11(4)17(22)24-8-19/h9,12-15,20H,3-8H2,1-2H3/t9?,12-,13+,14+,15-,19+/m0/s1. The molecule has 0 amide bonds. The lowest BCUT2D eigenvalue weighted by molar-refractivity contribution is -0.187. The molecule has 3 fully saturated rings. The van der Waals surface area contributed by atoms with E-state index < -0.39 is 53.3 Å². The van der Waals surface area contributed by atoms with Gasteiger partial charge in [0.15, 0.2) is 0 Å². The van der Waals surface area contributed by atoms with Crippen molar-refractivity contribution < 1.29 is 33.7 Å². The van der Waals surface area contributed by atoms with E-state index in [-0.39, 0.29) is 24.4 Å². The van der Waals surface area contributed by atoms with Crippen molar-refractivity contribution >= 4 is 17.9 Å². The van der Waals surface area contributed by atoms with E-state index in [0.717, 1.165) is 0 Å². The van der Waals surface area contributed by atoms with Crippen LogP contribution in [0, 0.1) is 23.2 Å². The van der Waals surface area contributed by atoms with Crippen LogP contribution in [0.3, 0.4) is 0 Å². The largest absolute Gasteiger partial charge is 0.462 e. The number of aliphatic hydroxyl groups is 1. The number of ether oxygens (including phenoxy) is 3. The Hall–Kier alpha value is -2.15. The first kappa shape index (κ1) is 18.6. The molecule has 0 aromatic heterocycles. The van der Waals surface area contributed by atoms with E-state index in [1.807, 2.05) is 6.92 Å². The van der Waals surface area contributed by atoms with Crippen LogP contribution < -0.4 is 0 Å². The SMILES string of the molecule is C=C1C(=O)O[C@H]2[C@H]1[C@@H](OC(=O)C(C)CO)C[C@]1(CC)COC(=O)C(=C)[C@H]21. The normalized spacial score (nSPS) is 37.3. The Bertz CT molecular complexity index is 681. The number of rotatable bonds is 4. The highest BCUT2D eigenvalue weighted by Crippen LogP contribution is 2.56. The van der Waals surface area contributed by atoms with Gasteiger partial charge in [0.05, 0.1) is 25.0 Å². The van der Waals surface area contributed by atoms with Gasteiger partial charge >= 0.3 is 17.9 Å². The molecule has 2 saturated heterocycles. The molecule has 7 nitrogen and oxygen atoms in total. The molecule has 3 rings (SSSR count). The Morgan fingerprint density at radius 1 is 1.35 bits per heavy atom. The van der Waals surface area contributed by atoms with Crippen LogP contribution in [-0.4, -0.2) is 48.4 Å². The van der Waals surface area contributed by atoms with Gasteiger partial charge in [0.25, 0.3) is 0 Å². The predicted molar refractivity (Wildman–Crippen MR) is 89.6 cm³/mol. The van der Waals surface area contributed by atoms with Crippen molar-refractivity contribution in [2.75, 3.05) is 13.2 Å². The molecular weight excluding hydrogens is 340 g/mol. The molecule has 0 radical (unpaired) electrons. The molecule has 142 valence electrons.